The Morgan fingerprint density at radius 1 is 1.27 bits per heavy atom. The van der Waals surface area contributed by atoms with Gasteiger partial charge in [-0.3, -0.25) is 14.4 Å². The number of likely N-dealkylation sites (tertiary alicyclic amines) is 1. The number of nitrogens with zero attached hydrogens (tertiary/aromatic N) is 2. The van der Waals surface area contributed by atoms with E-state index in [4.69, 9.17) is 11.6 Å². The minimum absolute atomic E-state index is 0.161. The smallest absolute Gasteiger partial charge is 0.308 e. The first kappa shape index (κ1) is 25.8. The summed E-state index contributed by atoms with van der Waals surface area (Å²) in [4.78, 5) is 44.2. The number of halogens is 1. The van der Waals surface area contributed by atoms with Crippen molar-refractivity contribution in [3.8, 4) is 0 Å². The van der Waals surface area contributed by atoms with Crippen LogP contribution >= 0.6 is 23.4 Å². The molecule has 5 rings (SSSR count). The average Bonchev–Trinajstić information content (AvgIpc) is 3.52. The molecule has 2 unspecified atom stereocenters. The lowest BCUT2D eigenvalue weighted by Gasteiger charge is -2.40. The van der Waals surface area contributed by atoms with Gasteiger partial charge < -0.3 is 20.0 Å². The van der Waals surface area contributed by atoms with Gasteiger partial charge in [0.05, 0.1) is 39.9 Å². The highest BCUT2D eigenvalue weighted by atomic mass is 35.5. The Balaban J connectivity index is 1.68. The van der Waals surface area contributed by atoms with E-state index in [1.807, 2.05) is 31.2 Å². The fraction of sp³-hybridized carbons (Fsp3) is 0.393. The lowest BCUT2D eigenvalue weighted by molar-refractivity contribution is -0.149. The lowest BCUT2D eigenvalue weighted by atomic mass is 9.71. The standard InChI is InChI=1S/C28H29ClN2O5S/c1-3-14-30(23-16(2)8-7-11-18(23)29)26(34)24-28-13-12-20(37-28)21(27(35)36)22(28)25(33)31(24)19(15-32)17-9-5-4-6-10-17/h3-11,19-22,24,32H,1,12-15H2,2H3,(H,35,36)/t19-,20-,21+,22+,24?,28?/m1/s1. The fourth-order valence-electron chi connectivity index (χ4n) is 6.55. The summed E-state index contributed by atoms with van der Waals surface area (Å²) >= 11 is 8.04. The molecular weight excluding hydrogens is 512 g/mol. The number of anilines is 1. The van der Waals surface area contributed by atoms with Crippen molar-refractivity contribution in [3.63, 3.8) is 0 Å². The second-order valence-corrected chi connectivity index (χ2v) is 11.9. The zero-order valence-electron chi connectivity index (χ0n) is 20.4. The summed E-state index contributed by atoms with van der Waals surface area (Å²) in [6.45, 7) is 5.45. The molecule has 194 valence electrons. The van der Waals surface area contributed by atoms with Crippen LogP contribution in [-0.2, 0) is 14.4 Å². The van der Waals surface area contributed by atoms with E-state index in [1.165, 1.54) is 16.7 Å². The lowest BCUT2D eigenvalue weighted by Crippen LogP contribution is -2.56. The van der Waals surface area contributed by atoms with Crippen molar-refractivity contribution in [1.82, 2.24) is 4.90 Å². The Morgan fingerprint density at radius 3 is 2.62 bits per heavy atom. The van der Waals surface area contributed by atoms with Crippen LogP contribution in [0.4, 0.5) is 5.69 Å². The van der Waals surface area contributed by atoms with Crippen molar-refractivity contribution in [2.45, 2.75) is 41.8 Å². The number of carbonyl (C=O) groups is 3. The van der Waals surface area contributed by atoms with Crippen molar-refractivity contribution in [3.05, 3.63) is 77.3 Å². The molecule has 2 amide bonds. The number of carbonyl (C=O) groups excluding carboxylic acids is 2. The Bertz CT molecular complexity index is 1240. The van der Waals surface area contributed by atoms with Crippen LogP contribution in [0.1, 0.15) is 30.0 Å². The number of carboxylic acid groups (broad SMARTS) is 1. The second-order valence-electron chi connectivity index (χ2n) is 9.89. The van der Waals surface area contributed by atoms with E-state index in [2.05, 4.69) is 6.58 Å². The highest BCUT2D eigenvalue weighted by Crippen LogP contribution is 2.67. The summed E-state index contributed by atoms with van der Waals surface area (Å²) in [6, 6.07) is 12.7. The van der Waals surface area contributed by atoms with E-state index in [9.17, 15) is 24.6 Å². The third-order valence-corrected chi connectivity index (χ3v) is 10.2. The van der Waals surface area contributed by atoms with Gasteiger partial charge in [-0.15, -0.1) is 18.3 Å². The number of aryl methyl sites for hydroxylation is 1. The van der Waals surface area contributed by atoms with Crippen LogP contribution in [0.3, 0.4) is 0 Å². The highest BCUT2D eigenvalue weighted by molar-refractivity contribution is 8.02. The summed E-state index contributed by atoms with van der Waals surface area (Å²) in [5.41, 5.74) is 2.01. The molecule has 0 radical (unpaired) electrons. The maximum absolute atomic E-state index is 14.6. The molecule has 7 nitrogen and oxygen atoms in total. The van der Waals surface area contributed by atoms with Crippen LogP contribution in [0.25, 0.3) is 0 Å². The molecule has 1 spiro atoms. The first-order valence-electron chi connectivity index (χ1n) is 12.3. The van der Waals surface area contributed by atoms with Gasteiger partial charge in [0.2, 0.25) is 5.91 Å². The van der Waals surface area contributed by atoms with E-state index in [-0.39, 0.29) is 17.7 Å². The Hall–Kier alpha value is -2.81. The normalized spacial score (nSPS) is 28.7. The number of thioether (sulfide) groups is 1. The van der Waals surface area contributed by atoms with Crippen molar-refractivity contribution in [1.29, 1.82) is 0 Å². The van der Waals surface area contributed by atoms with Gasteiger partial charge in [-0.2, -0.15) is 0 Å². The van der Waals surface area contributed by atoms with Gasteiger partial charge in [-0.25, -0.2) is 0 Å². The van der Waals surface area contributed by atoms with Crippen molar-refractivity contribution < 1.29 is 24.6 Å². The summed E-state index contributed by atoms with van der Waals surface area (Å²) in [7, 11) is 0. The van der Waals surface area contributed by atoms with Crippen molar-refractivity contribution in [2.24, 2.45) is 11.8 Å². The van der Waals surface area contributed by atoms with Crippen LogP contribution in [0.5, 0.6) is 0 Å². The number of benzene rings is 2. The maximum atomic E-state index is 14.6. The van der Waals surface area contributed by atoms with Crippen LogP contribution < -0.4 is 4.90 Å². The first-order chi connectivity index (χ1) is 17.8. The molecule has 0 saturated carbocycles. The Labute approximate surface area is 225 Å². The third-order valence-electron chi connectivity index (χ3n) is 7.99. The molecule has 3 aliphatic heterocycles. The molecule has 2 aromatic carbocycles. The molecular formula is C28H29ClN2O5S. The Kier molecular flexibility index (Phi) is 6.85. The first-order valence-corrected chi connectivity index (χ1v) is 13.6. The van der Waals surface area contributed by atoms with Crippen LogP contribution in [0.2, 0.25) is 5.02 Å². The number of para-hydroxylation sites is 1. The number of amides is 2. The minimum Gasteiger partial charge on any atom is -0.481 e. The topological polar surface area (TPSA) is 98.2 Å². The largest absolute Gasteiger partial charge is 0.481 e. The minimum atomic E-state index is -1.02. The van der Waals surface area contributed by atoms with Gasteiger partial charge in [0, 0.05) is 11.8 Å². The highest BCUT2D eigenvalue weighted by Gasteiger charge is 2.74. The summed E-state index contributed by atoms with van der Waals surface area (Å²) in [6.07, 6.45) is 2.77. The van der Waals surface area contributed by atoms with Gasteiger partial charge in [0.1, 0.15) is 6.04 Å². The van der Waals surface area contributed by atoms with Crippen LogP contribution in [-0.4, -0.2) is 62.1 Å². The van der Waals surface area contributed by atoms with Gasteiger partial charge in [-0.05, 0) is 37.0 Å². The van der Waals surface area contributed by atoms with Crippen molar-refractivity contribution in [2.75, 3.05) is 18.1 Å². The molecule has 37 heavy (non-hydrogen) atoms. The van der Waals surface area contributed by atoms with E-state index in [1.54, 1.807) is 35.2 Å². The number of carboxylic acids is 1. The molecule has 3 fully saturated rings. The zero-order chi connectivity index (χ0) is 26.5. The molecule has 6 atom stereocenters. The third kappa shape index (κ3) is 3.88. The van der Waals surface area contributed by atoms with Gasteiger partial charge in [-0.1, -0.05) is 60.1 Å². The maximum Gasteiger partial charge on any atom is 0.308 e. The van der Waals surface area contributed by atoms with E-state index >= 15 is 0 Å². The molecule has 2 bridgehead atoms. The Morgan fingerprint density at radius 2 is 2.00 bits per heavy atom. The second kappa shape index (κ2) is 9.82. The van der Waals surface area contributed by atoms with E-state index < -0.39 is 47.1 Å². The quantitative estimate of drug-likeness (QED) is 0.490. The summed E-state index contributed by atoms with van der Waals surface area (Å²) < 4.78 is -0.904. The summed E-state index contributed by atoms with van der Waals surface area (Å²) in [5.74, 6) is -3.48. The zero-order valence-corrected chi connectivity index (χ0v) is 22.0. The van der Waals surface area contributed by atoms with Crippen LogP contribution in [0, 0.1) is 18.8 Å². The van der Waals surface area contributed by atoms with Crippen molar-refractivity contribution >= 4 is 46.8 Å². The van der Waals surface area contributed by atoms with Gasteiger partial charge >= 0.3 is 5.97 Å². The summed E-state index contributed by atoms with van der Waals surface area (Å²) in [5, 5.41) is 20.8. The van der Waals surface area contributed by atoms with Gasteiger partial charge in [0.25, 0.3) is 5.91 Å². The van der Waals surface area contributed by atoms with Crippen LogP contribution in [0.15, 0.2) is 61.2 Å². The average molecular weight is 541 g/mol. The SMILES string of the molecule is C=CCN(C(=O)C1N([C@H](CO)c2ccccc2)C(=O)[C@@H]2[C@@H](C(=O)O)[C@H]3CCC12S3)c1c(C)cccc1Cl. The molecule has 0 aromatic heterocycles. The number of rotatable bonds is 8. The van der Waals surface area contributed by atoms with E-state index in [0.717, 1.165) is 5.56 Å². The predicted octanol–water partition coefficient (Wildman–Crippen LogP) is 4.08. The molecule has 3 aliphatic rings. The number of hydrogen-bond acceptors (Lipinski definition) is 5. The number of aliphatic hydroxyl groups excluding tert-OH is 1. The number of hydrogen-bond donors (Lipinski definition) is 2. The van der Waals surface area contributed by atoms with E-state index in [0.29, 0.717) is 29.1 Å². The number of aliphatic hydroxyl groups is 1. The number of aliphatic carboxylic acids is 1. The monoisotopic (exact) mass is 540 g/mol. The van der Waals surface area contributed by atoms with Gasteiger partial charge in [0.15, 0.2) is 0 Å². The molecule has 2 N–H and O–H groups in total. The molecule has 0 aliphatic carbocycles. The fourth-order valence-corrected chi connectivity index (χ4v) is 9.07. The predicted molar refractivity (Wildman–Crippen MR) is 144 cm³/mol. The molecule has 9 heteroatoms. The molecule has 3 heterocycles. The molecule has 2 aromatic rings. The number of fused-ring (bicyclic) bond motifs is 1. The molecule has 3 saturated heterocycles.